The topological polar surface area (TPSA) is 71.5 Å². The van der Waals surface area contributed by atoms with E-state index in [1.54, 1.807) is 12.1 Å². The average Bonchev–Trinajstić information content (AvgIpc) is 3.23. The smallest absolute Gasteiger partial charge is 0.296 e. The van der Waals surface area contributed by atoms with Gasteiger partial charge in [-0.1, -0.05) is 0 Å². The van der Waals surface area contributed by atoms with E-state index in [4.69, 9.17) is 4.84 Å². The fourth-order valence-electron chi connectivity index (χ4n) is 1.47. The Hall–Kier alpha value is -1.47. The largest absolute Gasteiger partial charge is 0.310 e. The van der Waals surface area contributed by atoms with Gasteiger partial charge in [-0.15, -0.1) is 0 Å². The van der Waals surface area contributed by atoms with Crippen molar-refractivity contribution in [3.63, 3.8) is 0 Å². The van der Waals surface area contributed by atoms with Gasteiger partial charge < -0.3 is 5.32 Å². The fraction of sp³-hybridized carbons (Fsp3) is 0.417. The van der Waals surface area contributed by atoms with Crippen LogP contribution in [0.5, 0.6) is 0 Å². The highest BCUT2D eigenvalue weighted by atomic mass is 79.9. The van der Waals surface area contributed by atoms with Gasteiger partial charge in [-0.3, -0.25) is 14.4 Å². The second-order valence-corrected chi connectivity index (χ2v) is 5.13. The van der Waals surface area contributed by atoms with Crippen molar-refractivity contribution in [2.24, 2.45) is 5.92 Å². The molecule has 0 spiro atoms. The number of aromatic nitrogens is 1. The molecule has 0 unspecified atom stereocenters. The minimum Gasteiger partial charge on any atom is -0.310 e. The number of pyridine rings is 1. The molecule has 1 heterocycles. The molecule has 1 aromatic heterocycles. The quantitative estimate of drug-likeness (QED) is 0.856. The van der Waals surface area contributed by atoms with Gasteiger partial charge in [-0.2, -0.15) is 0 Å². The van der Waals surface area contributed by atoms with Gasteiger partial charge in [0.05, 0.1) is 7.11 Å². The summed E-state index contributed by atoms with van der Waals surface area (Å²) in [6.07, 6.45) is 1.83. The van der Waals surface area contributed by atoms with Gasteiger partial charge >= 0.3 is 0 Å². The molecule has 0 bridgehead atoms. The molecule has 1 aromatic rings. The Morgan fingerprint density at radius 3 is 2.74 bits per heavy atom. The zero-order valence-corrected chi connectivity index (χ0v) is 12.2. The normalized spacial score (nSPS) is 14.1. The van der Waals surface area contributed by atoms with Crippen LogP contribution in [-0.4, -0.2) is 36.0 Å². The minimum absolute atomic E-state index is 0.0479. The number of hydrogen-bond donors (Lipinski definition) is 1. The van der Waals surface area contributed by atoms with Crippen LogP contribution < -0.4 is 5.32 Å². The van der Waals surface area contributed by atoms with Crippen LogP contribution in [-0.2, 0) is 9.63 Å². The predicted octanol–water partition coefficient (Wildman–Crippen LogP) is 1.83. The summed E-state index contributed by atoms with van der Waals surface area (Å²) in [5.74, 6) is 0.0180. The first-order valence-electron chi connectivity index (χ1n) is 5.82. The first-order chi connectivity index (χ1) is 9.02. The first-order valence-corrected chi connectivity index (χ1v) is 6.61. The molecule has 0 aliphatic heterocycles. The third kappa shape index (κ3) is 3.30. The van der Waals surface area contributed by atoms with Crippen molar-refractivity contribution in [1.82, 2.24) is 10.0 Å². The Bertz CT molecular complexity index is 517. The number of nitrogens with one attached hydrogen (secondary N) is 1. The van der Waals surface area contributed by atoms with Crippen molar-refractivity contribution in [1.29, 1.82) is 0 Å². The molecule has 0 radical (unpaired) electrons. The van der Waals surface area contributed by atoms with Gasteiger partial charge in [0, 0.05) is 17.4 Å². The monoisotopic (exact) mass is 327 g/mol. The molecule has 1 saturated carbocycles. The van der Waals surface area contributed by atoms with E-state index in [1.807, 2.05) is 0 Å². The van der Waals surface area contributed by atoms with Crippen LogP contribution in [0.4, 0.5) is 5.82 Å². The summed E-state index contributed by atoms with van der Waals surface area (Å²) in [7, 11) is 2.89. The summed E-state index contributed by atoms with van der Waals surface area (Å²) in [6.45, 7) is 0. The molecule has 0 saturated heterocycles. The molecular weight excluding hydrogens is 314 g/mol. The molecule has 1 N–H and O–H groups in total. The summed E-state index contributed by atoms with van der Waals surface area (Å²) in [6, 6.07) is 3.32. The third-order valence-corrected chi connectivity index (χ3v) is 3.45. The van der Waals surface area contributed by atoms with Crippen molar-refractivity contribution < 1.29 is 14.4 Å². The van der Waals surface area contributed by atoms with Gasteiger partial charge in [-0.25, -0.2) is 10.0 Å². The Morgan fingerprint density at radius 1 is 1.47 bits per heavy atom. The number of hydrogen-bond acceptors (Lipinski definition) is 4. The molecule has 0 aromatic carbocycles. The van der Waals surface area contributed by atoms with Gasteiger partial charge in [0.15, 0.2) is 0 Å². The Kier molecular flexibility index (Phi) is 4.16. The summed E-state index contributed by atoms with van der Waals surface area (Å²) >= 11 is 3.26. The lowest BCUT2D eigenvalue weighted by atomic mass is 10.3. The Morgan fingerprint density at radius 2 is 2.16 bits per heavy atom. The van der Waals surface area contributed by atoms with Crippen molar-refractivity contribution in [3.05, 3.63) is 22.3 Å². The first kappa shape index (κ1) is 14.0. The zero-order chi connectivity index (χ0) is 14.0. The lowest BCUT2D eigenvalue weighted by molar-refractivity contribution is -0.117. The van der Waals surface area contributed by atoms with Crippen LogP contribution in [0, 0.1) is 5.92 Å². The summed E-state index contributed by atoms with van der Waals surface area (Å²) in [4.78, 5) is 32.6. The highest BCUT2D eigenvalue weighted by molar-refractivity contribution is 9.10. The van der Waals surface area contributed by atoms with E-state index in [1.165, 1.54) is 14.2 Å². The molecular formula is C12H14BrN3O3. The van der Waals surface area contributed by atoms with Gasteiger partial charge in [0.25, 0.3) is 5.91 Å². The van der Waals surface area contributed by atoms with Crippen LogP contribution in [0.3, 0.4) is 0 Å². The van der Waals surface area contributed by atoms with Crippen molar-refractivity contribution in [3.8, 4) is 0 Å². The SMILES string of the molecule is CON(C)C(=O)c1nc(NC(=O)C2CC2)ccc1Br. The molecule has 1 fully saturated rings. The van der Waals surface area contributed by atoms with E-state index in [2.05, 4.69) is 26.2 Å². The maximum atomic E-state index is 12.0. The van der Waals surface area contributed by atoms with Crippen LogP contribution in [0.1, 0.15) is 23.3 Å². The number of halogens is 1. The highest BCUT2D eigenvalue weighted by Gasteiger charge is 2.30. The summed E-state index contributed by atoms with van der Waals surface area (Å²) in [5, 5.41) is 3.77. The van der Waals surface area contributed by atoms with Crippen molar-refractivity contribution in [2.45, 2.75) is 12.8 Å². The second-order valence-electron chi connectivity index (χ2n) is 4.28. The standard InChI is InChI=1S/C12H14BrN3O3/c1-16(19-2)12(18)10-8(13)5-6-9(14-10)15-11(17)7-3-4-7/h5-7H,3-4H2,1-2H3,(H,14,15,17). The number of hydroxylamine groups is 2. The molecule has 2 rings (SSSR count). The lowest BCUT2D eigenvalue weighted by Gasteiger charge is -2.14. The molecule has 6 nitrogen and oxygen atoms in total. The van der Waals surface area contributed by atoms with Gasteiger partial charge in [0.2, 0.25) is 5.91 Å². The molecule has 2 amide bonds. The number of anilines is 1. The van der Waals surface area contributed by atoms with Crippen LogP contribution in [0.25, 0.3) is 0 Å². The van der Waals surface area contributed by atoms with E-state index in [0.29, 0.717) is 10.3 Å². The van der Waals surface area contributed by atoms with E-state index in [9.17, 15) is 9.59 Å². The second kappa shape index (κ2) is 5.66. The highest BCUT2D eigenvalue weighted by Crippen LogP contribution is 2.30. The number of amides is 2. The number of rotatable bonds is 4. The Labute approximate surface area is 119 Å². The minimum atomic E-state index is -0.392. The molecule has 1 aliphatic rings. The van der Waals surface area contributed by atoms with E-state index < -0.39 is 5.91 Å². The molecule has 0 atom stereocenters. The van der Waals surface area contributed by atoms with Crippen molar-refractivity contribution in [2.75, 3.05) is 19.5 Å². The zero-order valence-electron chi connectivity index (χ0n) is 10.6. The maximum absolute atomic E-state index is 12.0. The van der Waals surface area contributed by atoms with Crippen molar-refractivity contribution >= 4 is 33.6 Å². The number of carbonyl (C=O) groups is 2. The van der Waals surface area contributed by atoms with E-state index >= 15 is 0 Å². The van der Waals surface area contributed by atoms with Crippen LogP contribution in [0.2, 0.25) is 0 Å². The predicted molar refractivity (Wildman–Crippen MR) is 72.4 cm³/mol. The molecule has 102 valence electrons. The van der Waals surface area contributed by atoms with E-state index in [0.717, 1.165) is 17.9 Å². The van der Waals surface area contributed by atoms with Gasteiger partial charge in [0.1, 0.15) is 11.5 Å². The summed E-state index contributed by atoms with van der Waals surface area (Å²) < 4.78 is 0.547. The summed E-state index contributed by atoms with van der Waals surface area (Å²) in [5.41, 5.74) is 0.193. The van der Waals surface area contributed by atoms with E-state index in [-0.39, 0.29) is 17.5 Å². The lowest BCUT2D eigenvalue weighted by Crippen LogP contribution is -2.27. The number of nitrogens with zero attached hydrogens (tertiary/aromatic N) is 2. The number of carbonyl (C=O) groups excluding carboxylic acids is 2. The average molecular weight is 328 g/mol. The van der Waals surface area contributed by atoms with Crippen LogP contribution >= 0.6 is 15.9 Å². The molecule has 19 heavy (non-hydrogen) atoms. The molecule has 1 aliphatic carbocycles. The Balaban J connectivity index is 2.18. The van der Waals surface area contributed by atoms with Gasteiger partial charge in [-0.05, 0) is 40.9 Å². The maximum Gasteiger partial charge on any atom is 0.296 e. The molecule has 7 heteroatoms. The third-order valence-electron chi connectivity index (χ3n) is 2.81. The fourth-order valence-corrected chi connectivity index (χ4v) is 1.86. The van der Waals surface area contributed by atoms with Crippen LogP contribution in [0.15, 0.2) is 16.6 Å².